The molecule has 0 spiro atoms. The second-order valence-corrected chi connectivity index (χ2v) is 7.04. The van der Waals surface area contributed by atoms with Crippen LogP contribution in [-0.4, -0.2) is 43.5 Å². The van der Waals surface area contributed by atoms with Crippen molar-refractivity contribution in [2.45, 2.75) is 19.5 Å². The third-order valence-corrected chi connectivity index (χ3v) is 4.52. The van der Waals surface area contributed by atoms with Gasteiger partial charge in [-0.1, -0.05) is 6.07 Å². The standard InChI is InChI=1S/C21H19F3N4O5/c1-11(29)26-12-3-2-4-18(30)17(7-12)27-16-6-5-13(8-15(16)22)28-10-14(33-21(28)32)9-25-20(31)19(23)24/h2-8,14,19H,9-10H2,1H3,(H,25,31)(H,26,29)(H,27,30)/t14-/m0/s1. The van der Waals surface area contributed by atoms with Gasteiger partial charge in [-0.2, -0.15) is 8.78 Å². The zero-order valence-electron chi connectivity index (χ0n) is 17.2. The van der Waals surface area contributed by atoms with Crippen LogP contribution in [-0.2, 0) is 14.3 Å². The summed E-state index contributed by atoms with van der Waals surface area (Å²) in [4.78, 5) is 47.6. The molecule has 0 unspecified atom stereocenters. The molecule has 1 heterocycles. The first-order chi connectivity index (χ1) is 15.6. The first-order valence-electron chi connectivity index (χ1n) is 9.66. The molecule has 2 aromatic carbocycles. The van der Waals surface area contributed by atoms with E-state index < -0.39 is 35.8 Å². The van der Waals surface area contributed by atoms with E-state index in [1.165, 1.54) is 43.3 Å². The van der Waals surface area contributed by atoms with Crippen LogP contribution in [0.5, 0.6) is 0 Å². The number of hydrogen-bond acceptors (Lipinski definition) is 6. The van der Waals surface area contributed by atoms with Crippen molar-refractivity contribution >= 4 is 40.7 Å². The second-order valence-electron chi connectivity index (χ2n) is 7.04. The Morgan fingerprint density at radius 1 is 1.15 bits per heavy atom. The predicted octanol–water partition coefficient (Wildman–Crippen LogP) is 2.59. The SMILES string of the molecule is CC(=O)Nc1cccc(=O)c(Nc2ccc(N3C[C@H](CNC(=O)C(F)F)OC3=O)cc2F)c1. The van der Waals surface area contributed by atoms with Crippen LogP contribution in [0.1, 0.15) is 6.92 Å². The minimum atomic E-state index is -3.19. The molecule has 1 aliphatic heterocycles. The van der Waals surface area contributed by atoms with Gasteiger partial charge < -0.3 is 20.7 Å². The Hall–Kier alpha value is -4.09. The van der Waals surface area contributed by atoms with E-state index in [1.807, 2.05) is 5.32 Å². The van der Waals surface area contributed by atoms with Gasteiger partial charge >= 0.3 is 12.5 Å². The molecule has 1 aliphatic rings. The summed E-state index contributed by atoms with van der Waals surface area (Å²) >= 11 is 0. The van der Waals surface area contributed by atoms with Crippen LogP contribution in [0.15, 0.2) is 47.3 Å². The quantitative estimate of drug-likeness (QED) is 0.580. The van der Waals surface area contributed by atoms with E-state index in [9.17, 15) is 32.3 Å². The lowest BCUT2D eigenvalue weighted by Gasteiger charge is -2.15. The lowest BCUT2D eigenvalue weighted by atomic mass is 10.2. The number of halogens is 3. The number of carbonyl (C=O) groups is 3. The summed E-state index contributed by atoms with van der Waals surface area (Å²) in [6.45, 7) is 0.895. The van der Waals surface area contributed by atoms with Gasteiger partial charge in [-0.15, -0.1) is 0 Å². The smallest absolute Gasteiger partial charge is 0.414 e. The Balaban J connectivity index is 1.74. The molecule has 3 N–H and O–H groups in total. The molecule has 1 saturated heterocycles. The van der Waals surface area contributed by atoms with Crippen molar-refractivity contribution in [3.8, 4) is 0 Å². The van der Waals surface area contributed by atoms with E-state index in [-0.39, 0.29) is 36.1 Å². The van der Waals surface area contributed by atoms with E-state index in [0.29, 0.717) is 5.69 Å². The number of rotatable bonds is 7. The maximum Gasteiger partial charge on any atom is 0.414 e. The minimum absolute atomic E-state index is 0.00539. The molecule has 0 aliphatic carbocycles. The lowest BCUT2D eigenvalue weighted by molar-refractivity contribution is -0.132. The highest BCUT2D eigenvalue weighted by Crippen LogP contribution is 2.27. The zero-order valence-corrected chi connectivity index (χ0v) is 17.2. The van der Waals surface area contributed by atoms with E-state index in [4.69, 9.17) is 4.74 Å². The van der Waals surface area contributed by atoms with Gasteiger partial charge in [-0.25, -0.2) is 9.18 Å². The monoisotopic (exact) mass is 464 g/mol. The molecule has 3 rings (SSSR count). The molecule has 3 amide bonds. The number of amides is 3. The zero-order chi connectivity index (χ0) is 24.1. The molecule has 9 nitrogen and oxygen atoms in total. The molecular formula is C21H19F3N4O5. The van der Waals surface area contributed by atoms with Crippen molar-refractivity contribution in [3.05, 3.63) is 58.5 Å². The van der Waals surface area contributed by atoms with E-state index in [2.05, 4.69) is 10.6 Å². The van der Waals surface area contributed by atoms with Gasteiger partial charge in [0.2, 0.25) is 11.3 Å². The van der Waals surface area contributed by atoms with Crippen LogP contribution < -0.4 is 26.3 Å². The molecule has 1 atom stereocenters. The van der Waals surface area contributed by atoms with Gasteiger partial charge in [0.1, 0.15) is 11.9 Å². The topological polar surface area (TPSA) is 117 Å². The normalized spacial score (nSPS) is 15.2. The number of carbonyl (C=O) groups excluding carboxylic acids is 3. The lowest BCUT2D eigenvalue weighted by Crippen LogP contribution is -2.37. The predicted molar refractivity (Wildman–Crippen MR) is 113 cm³/mol. The number of ether oxygens (including phenoxy) is 1. The first kappa shape index (κ1) is 23.6. The molecule has 0 saturated carbocycles. The van der Waals surface area contributed by atoms with Crippen molar-refractivity contribution in [2.75, 3.05) is 28.6 Å². The molecule has 0 radical (unpaired) electrons. The molecule has 0 bridgehead atoms. The highest BCUT2D eigenvalue weighted by Gasteiger charge is 2.33. The fourth-order valence-electron chi connectivity index (χ4n) is 3.03. The molecule has 1 fully saturated rings. The van der Waals surface area contributed by atoms with Gasteiger partial charge in [0, 0.05) is 12.6 Å². The van der Waals surface area contributed by atoms with Crippen molar-refractivity contribution in [2.24, 2.45) is 0 Å². The highest BCUT2D eigenvalue weighted by molar-refractivity contribution is 5.91. The van der Waals surface area contributed by atoms with Crippen LogP contribution in [0, 0.1) is 5.82 Å². The van der Waals surface area contributed by atoms with Crippen LogP contribution in [0.2, 0.25) is 0 Å². The number of cyclic esters (lactones) is 1. The number of nitrogens with one attached hydrogen (secondary N) is 3. The van der Waals surface area contributed by atoms with Gasteiger partial charge in [-0.3, -0.25) is 19.3 Å². The van der Waals surface area contributed by atoms with E-state index in [0.717, 1.165) is 11.0 Å². The van der Waals surface area contributed by atoms with Gasteiger partial charge in [0.05, 0.1) is 30.2 Å². The van der Waals surface area contributed by atoms with Gasteiger partial charge in [0.25, 0.3) is 5.91 Å². The van der Waals surface area contributed by atoms with Crippen LogP contribution in [0.4, 0.5) is 40.7 Å². The Morgan fingerprint density at radius 2 is 1.91 bits per heavy atom. The molecule has 174 valence electrons. The summed E-state index contributed by atoms with van der Waals surface area (Å²) in [7, 11) is 0. The number of benzene rings is 1. The molecular weight excluding hydrogens is 445 g/mol. The number of nitrogens with zero attached hydrogens (tertiary/aromatic N) is 1. The number of anilines is 4. The summed E-state index contributed by atoms with van der Waals surface area (Å²) in [6, 6.07) is 9.28. The third kappa shape index (κ3) is 5.99. The summed E-state index contributed by atoms with van der Waals surface area (Å²) in [5.41, 5.74) is -0.0543. The van der Waals surface area contributed by atoms with Gasteiger partial charge in [0.15, 0.2) is 0 Å². The Kier molecular flexibility index (Phi) is 7.16. The number of hydrogen-bond donors (Lipinski definition) is 3. The van der Waals surface area contributed by atoms with Crippen molar-refractivity contribution in [3.63, 3.8) is 0 Å². The van der Waals surface area contributed by atoms with Crippen molar-refractivity contribution in [1.29, 1.82) is 0 Å². The first-order valence-corrected chi connectivity index (χ1v) is 9.66. The fraction of sp³-hybridized carbons (Fsp3) is 0.238. The fourth-order valence-corrected chi connectivity index (χ4v) is 3.03. The largest absolute Gasteiger partial charge is 0.442 e. The molecule has 2 aromatic rings. The van der Waals surface area contributed by atoms with Crippen LogP contribution in [0.3, 0.4) is 0 Å². The maximum atomic E-state index is 14.7. The third-order valence-electron chi connectivity index (χ3n) is 4.52. The molecule has 33 heavy (non-hydrogen) atoms. The summed E-state index contributed by atoms with van der Waals surface area (Å²) in [5.74, 6) is -2.62. The van der Waals surface area contributed by atoms with E-state index in [1.54, 1.807) is 0 Å². The van der Waals surface area contributed by atoms with Crippen molar-refractivity contribution in [1.82, 2.24) is 5.32 Å². The average molecular weight is 464 g/mol. The van der Waals surface area contributed by atoms with Crippen LogP contribution >= 0.6 is 0 Å². The summed E-state index contributed by atoms with van der Waals surface area (Å²) in [5, 5.41) is 7.15. The Morgan fingerprint density at radius 3 is 2.58 bits per heavy atom. The van der Waals surface area contributed by atoms with Crippen LogP contribution in [0.25, 0.3) is 0 Å². The maximum absolute atomic E-state index is 14.7. The van der Waals surface area contributed by atoms with Crippen molar-refractivity contribution < 1.29 is 32.3 Å². The number of alkyl halides is 2. The second kappa shape index (κ2) is 10.0. The Bertz CT molecular complexity index is 1140. The average Bonchev–Trinajstić information content (AvgIpc) is 3.03. The molecule has 12 heteroatoms. The highest BCUT2D eigenvalue weighted by atomic mass is 19.3. The summed E-state index contributed by atoms with van der Waals surface area (Å²) in [6.07, 6.45) is -4.91. The van der Waals surface area contributed by atoms with E-state index >= 15 is 0 Å². The van der Waals surface area contributed by atoms with Gasteiger partial charge in [-0.05, 0) is 36.4 Å². The molecule has 0 aromatic heterocycles. The Labute approximate surface area is 185 Å². The minimum Gasteiger partial charge on any atom is -0.442 e. The summed E-state index contributed by atoms with van der Waals surface area (Å²) < 4.78 is 44.3.